The van der Waals surface area contributed by atoms with E-state index in [1.54, 1.807) is 29.2 Å². The number of aliphatic hydroxyl groups is 1. The number of hydrogen-bond acceptors (Lipinski definition) is 4. The maximum absolute atomic E-state index is 13.3. The minimum atomic E-state index is -1.90. The van der Waals surface area contributed by atoms with Crippen molar-refractivity contribution in [2.75, 3.05) is 11.4 Å². The van der Waals surface area contributed by atoms with Crippen LogP contribution in [0, 0.1) is 0 Å². The Kier molecular flexibility index (Phi) is 5.70. The number of rotatable bonds is 7. The molecule has 0 spiro atoms. The predicted molar refractivity (Wildman–Crippen MR) is 118 cm³/mol. The van der Waals surface area contributed by atoms with Crippen LogP contribution in [0.3, 0.4) is 0 Å². The van der Waals surface area contributed by atoms with Crippen molar-refractivity contribution in [2.24, 2.45) is 0 Å². The monoisotopic (exact) mass is 465 g/mol. The van der Waals surface area contributed by atoms with E-state index in [4.69, 9.17) is 4.42 Å². The average Bonchev–Trinajstić information content (AvgIpc) is 3.33. The van der Waals surface area contributed by atoms with Gasteiger partial charge in [0.05, 0.1) is 18.4 Å². The van der Waals surface area contributed by atoms with Gasteiger partial charge in [-0.25, -0.2) is 0 Å². The first-order chi connectivity index (χ1) is 14.5. The minimum Gasteiger partial charge on any atom is -0.465 e. The second-order valence-electron chi connectivity index (χ2n) is 7.21. The number of allylic oxidation sites excluding steroid dienone is 1. The lowest BCUT2D eigenvalue weighted by atomic mass is 9.90. The molecule has 30 heavy (non-hydrogen) atoms. The molecule has 5 nitrogen and oxygen atoms in total. The standard InChI is InChI=1S/C24H20BrNO4/c25-18-8-11-22-21(15-18)24(29,16-19(27)9-10-20-7-4-14-30-20)23(28)26(22)13-12-17-5-2-1-3-6-17/h1-11,14-15,29H,12-13,16H2/b10-9+/t24-/m0/s1. The van der Waals surface area contributed by atoms with E-state index in [0.29, 0.717) is 30.0 Å². The van der Waals surface area contributed by atoms with Crippen LogP contribution in [0.4, 0.5) is 5.69 Å². The highest BCUT2D eigenvalue weighted by Crippen LogP contribution is 2.43. The summed E-state index contributed by atoms with van der Waals surface area (Å²) < 4.78 is 5.91. The van der Waals surface area contributed by atoms with Gasteiger partial charge in [-0.15, -0.1) is 0 Å². The fraction of sp³-hybridized carbons (Fsp3) is 0.167. The van der Waals surface area contributed by atoms with E-state index >= 15 is 0 Å². The van der Waals surface area contributed by atoms with E-state index in [1.807, 2.05) is 36.4 Å². The van der Waals surface area contributed by atoms with E-state index in [0.717, 1.165) is 10.0 Å². The van der Waals surface area contributed by atoms with Crippen LogP contribution < -0.4 is 4.90 Å². The Balaban J connectivity index is 1.58. The molecular formula is C24H20BrNO4. The van der Waals surface area contributed by atoms with Crippen LogP contribution in [0.2, 0.25) is 0 Å². The molecule has 1 atom stereocenters. The summed E-state index contributed by atoms with van der Waals surface area (Å²) >= 11 is 3.40. The zero-order valence-electron chi connectivity index (χ0n) is 16.1. The van der Waals surface area contributed by atoms with Gasteiger partial charge in [-0.1, -0.05) is 46.3 Å². The van der Waals surface area contributed by atoms with Crippen molar-refractivity contribution in [3.8, 4) is 0 Å². The molecule has 3 aromatic rings. The molecule has 0 aliphatic carbocycles. The van der Waals surface area contributed by atoms with Crippen LogP contribution in [0.5, 0.6) is 0 Å². The summed E-state index contributed by atoms with van der Waals surface area (Å²) in [6.45, 7) is 0.413. The number of benzene rings is 2. The summed E-state index contributed by atoms with van der Waals surface area (Å²) in [6, 6.07) is 18.6. The lowest BCUT2D eigenvalue weighted by Gasteiger charge is -2.22. The van der Waals surface area contributed by atoms with Crippen LogP contribution in [-0.4, -0.2) is 23.3 Å². The molecular weight excluding hydrogens is 446 g/mol. The Bertz CT molecular complexity index is 1090. The molecule has 1 aromatic heterocycles. The molecule has 4 rings (SSSR count). The molecule has 152 valence electrons. The van der Waals surface area contributed by atoms with Gasteiger partial charge in [0.1, 0.15) is 5.76 Å². The third-order valence-electron chi connectivity index (χ3n) is 5.17. The van der Waals surface area contributed by atoms with Crippen molar-refractivity contribution >= 4 is 39.4 Å². The molecule has 0 radical (unpaired) electrons. The van der Waals surface area contributed by atoms with Crippen LogP contribution >= 0.6 is 15.9 Å². The Labute approximate surface area is 182 Å². The number of ketones is 1. The zero-order valence-corrected chi connectivity index (χ0v) is 17.7. The number of anilines is 1. The first kappa shape index (κ1) is 20.3. The van der Waals surface area contributed by atoms with Gasteiger partial charge in [0, 0.05) is 16.6 Å². The molecule has 1 N–H and O–H groups in total. The van der Waals surface area contributed by atoms with Gasteiger partial charge in [0.15, 0.2) is 11.4 Å². The van der Waals surface area contributed by atoms with Crippen LogP contribution in [0.25, 0.3) is 6.08 Å². The molecule has 1 aliphatic rings. The maximum atomic E-state index is 13.3. The molecule has 2 heterocycles. The molecule has 0 fully saturated rings. The average molecular weight is 466 g/mol. The van der Waals surface area contributed by atoms with Gasteiger partial charge in [-0.2, -0.15) is 0 Å². The van der Waals surface area contributed by atoms with Crippen molar-refractivity contribution in [3.05, 3.63) is 94.4 Å². The summed E-state index contributed by atoms with van der Waals surface area (Å²) in [7, 11) is 0. The van der Waals surface area contributed by atoms with Crippen molar-refractivity contribution in [1.82, 2.24) is 0 Å². The summed E-state index contributed by atoms with van der Waals surface area (Å²) in [5.41, 5.74) is 0.261. The third-order valence-corrected chi connectivity index (χ3v) is 5.66. The Hall–Kier alpha value is -2.96. The number of carbonyl (C=O) groups excluding carboxylic acids is 2. The number of amides is 1. The van der Waals surface area contributed by atoms with E-state index in [2.05, 4.69) is 15.9 Å². The Morgan fingerprint density at radius 2 is 1.93 bits per heavy atom. The number of hydrogen-bond donors (Lipinski definition) is 1. The smallest absolute Gasteiger partial charge is 0.264 e. The van der Waals surface area contributed by atoms with Gasteiger partial charge >= 0.3 is 0 Å². The van der Waals surface area contributed by atoms with Crippen LogP contribution in [0.1, 0.15) is 23.3 Å². The van der Waals surface area contributed by atoms with Crippen LogP contribution in [0.15, 0.2) is 81.9 Å². The van der Waals surface area contributed by atoms with E-state index in [-0.39, 0.29) is 12.2 Å². The Morgan fingerprint density at radius 3 is 2.67 bits per heavy atom. The van der Waals surface area contributed by atoms with Gasteiger partial charge in [0.2, 0.25) is 0 Å². The summed E-state index contributed by atoms with van der Waals surface area (Å²) in [5, 5.41) is 11.3. The first-order valence-corrected chi connectivity index (χ1v) is 10.4. The molecule has 0 bridgehead atoms. The van der Waals surface area contributed by atoms with Gasteiger partial charge in [0.25, 0.3) is 5.91 Å². The fourth-order valence-corrected chi connectivity index (χ4v) is 4.03. The van der Waals surface area contributed by atoms with Gasteiger partial charge in [-0.05, 0) is 54.5 Å². The quantitative estimate of drug-likeness (QED) is 0.521. The molecule has 2 aromatic carbocycles. The van der Waals surface area contributed by atoms with Gasteiger partial charge in [-0.3, -0.25) is 9.59 Å². The highest BCUT2D eigenvalue weighted by Gasteiger charge is 2.50. The van der Waals surface area contributed by atoms with E-state index < -0.39 is 11.5 Å². The van der Waals surface area contributed by atoms with Crippen molar-refractivity contribution < 1.29 is 19.1 Å². The second-order valence-corrected chi connectivity index (χ2v) is 8.12. The molecule has 0 unspecified atom stereocenters. The topological polar surface area (TPSA) is 70.7 Å². The number of halogens is 1. The molecule has 1 aliphatic heterocycles. The minimum absolute atomic E-state index is 0.339. The van der Waals surface area contributed by atoms with Crippen molar-refractivity contribution in [1.29, 1.82) is 0 Å². The number of furan rings is 1. The number of fused-ring (bicyclic) bond motifs is 1. The zero-order chi connectivity index (χ0) is 21.1. The molecule has 0 saturated carbocycles. The normalized spacial score (nSPS) is 18.2. The van der Waals surface area contributed by atoms with Gasteiger partial charge < -0.3 is 14.4 Å². The lowest BCUT2D eigenvalue weighted by Crippen LogP contribution is -2.42. The maximum Gasteiger partial charge on any atom is 0.264 e. The van der Waals surface area contributed by atoms with E-state index in [9.17, 15) is 14.7 Å². The van der Waals surface area contributed by atoms with Crippen LogP contribution in [-0.2, 0) is 21.6 Å². The summed E-state index contributed by atoms with van der Waals surface area (Å²) in [4.78, 5) is 27.4. The molecule has 1 amide bonds. The second kappa shape index (κ2) is 8.42. The first-order valence-electron chi connectivity index (χ1n) is 9.60. The highest BCUT2D eigenvalue weighted by atomic mass is 79.9. The number of carbonyl (C=O) groups is 2. The largest absolute Gasteiger partial charge is 0.465 e. The van der Waals surface area contributed by atoms with Crippen molar-refractivity contribution in [3.63, 3.8) is 0 Å². The van der Waals surface area contributed by atoms with E-state index in [1.165, 1.54) is 18.4 Å². The summed E-state index contributed by atoms with van der Waals surface area (Å²) in [6.07, 6.45) is 4.67. The third kappa shape index (κ3) is 4.01. The molecule has 0 saturated heterocycles. The SMILES string of the molecule is O=C(/C=C/c1ccco1)C[C@@]1(O)C(=O)N(CCc2ccccc2)c2ccc(Br)cc21. The molecule has 6 heteroatoms. The summed E-state index contributed by atoms with van der Waals surface area (Å²) in [5.74, 6) is -0.315. The number of nitrogens with zero attached hydrogens (tertiary/aromatic N) is 1. The predicted octanol–water partition coefficient (Wildman–Crippen LogP) is 4.49. The highest BCUT2D eigenvalue weighted by molar-refractivity contribution is 9.10. The Morgan fingerprint density at radius 1 is 1.13 bits per heavy atom. The lowest BCUT2D eigenvalue weighted by molar-refractivity contribution is -0.140. The van der Waals surface area contributed by atoms with Crippen molar-refractivity contribution in [2.45, 2.75) is 18.4 Å². The fourth-order valence-electron chi connectivity index (χ4n) is 3.67.